The van der Waals surface area contributed by atoms with Crippen LogP contribution in [0.25, 0.3) is 0 Å². The van der Waals surface area contributed by atoms with E-state index in [1.54, 1.807) is 30.2 Å². The van der Waals surface area contributed by atoms with Crippen LogP contribution >= 0.6 is 34.5 Å². The molecule has 20 heteroatoms. The van der Waals surface area contributed by atoms with Crippen molar-refractivity contribution in [2.24, 2.45) is 18.9 Å². The first-order valence-corrected chi connectivity index (χ1v) is 20.0. The van der Waals surface area contributed by atoms with E-state index in [0.717, 1.165) is 30.7 Å². The average molecular weight is 841 g/mol. The van der Waals surface area contributed by atoms with Crippen LogP contribution in [0.2, 0.25) is 10.3 Å². The molecule has 8 unspecified atom stereocenters. The molecule has 302 valence electrons. The zero-order valence-electron chi connectivity index (χ0n) is 30.8. The summed E-state index contributed by atoms with van der Waals surface area (Å²) in [5.74, 6) is 11.7. The molecular formula is C37H43Cl2N11O6S. The second kappa shape index (κ2) is 17.2. The Bertz CT molecular complexity index is 2230. The van der Waals surface area contributed by atoms with Crippen LogP contribution in [-0.4, -0.2) is 105 Å². The van der Waals surface area contributed by atoms with Crippen molar-refractivity contribution >= 4 is 58.1 Å². The molecule has 7 rings (SSSR count). The number of ether oxygens (including phenoxy) is 1. The quantitative estimate of drug-likeness (QED) is 0.0652. The smallest absolute Gasteiger partial charge is 0.223 e. The van der Waals surface area contributed by atoms with E-state index in [0.29, 0.717) is 22.7 Å². The van der Waals surface area contributed by atoms with E-state index in [9.17, 15) is 25.5 Å². The van der Waals surface area contributed by atoms with Crippen LogP contribution in [0.3, 0.4) is 0 Å². The second-order valence-corrected chi connectivity index (χ2v) is 16.2. The molecule has 3 fully saturated rings. The van der Waals surface area contributed by atoms with E-state index in [1.165, 1.54) is 11.3 Å². The molecule has 12 N–H and O–H groups in total. The molecule has 2 saturated carbocycles. The van der Waals surface area contributed by atoms with Gasteiger partial charge < -0.3 is 62.3 Å². The van der Waals surface area contributed by atoms with Crippen LogP contribution in [0.5, 0.6) is 5.75 Å². The highest BCUT2D eigenvalue weighted by atomic mass is 35.5. The van der Waals surface area contributed by atoms with Gasteiger partial charge in [-0.15, -0.1) is 11.3 Å². The Morgan fingerprint density at radius 1 is 0.965 bits per heavy atom. The van der Waals surface area contributed by atoms with Crippen LogP contribution in [0.15, 0.2) is 18.6 Å². The maximum atomic E-state index is 12.3. The van der Waals surface area contributed by atoms with Crippen molar-refractivity contribution in [2.75, 3.05) is 41.9 Å². The summed E-state index contributed by atoms with van der Waals surface area (Å²) < 4.78 is 8.47. The standard InChI is InChI=1S/C37H43Cl2N11O6S/c1-50-17-42-14-20(50)5-7-23-32(39)46-36(41)48-34(23)49-37(55)10-9-18(15-51)30(37)56-26-13-21(57-29(26)24-4-2-3-11-43-24)6-8-22-31(38)45-35(40)47-33(22)44-25-12-19(16-52)27(53)28(25)54/h13-14,17-19,24-25,27-28,30,43,51-55H,2-4,9-12,15-16H2,1H3,(H3,40,44,45,47)(H3,41,46,48,49). The molecule has 4 aromatic rings. The van der Waals surface area contributed by atoms with Gasteiger partial charge in [0.25, 0.3) is 0 Å². The monoisotopic (exact) mass is 839 g/mol. The first-order chi connectivity index (χ1) is 27.4. The predicted octanol–water partition coefficient (Wildman–Crippen LogP) is 1.61. The summed E-state index contributed by atoms with van der Waals surface area (Å²) in [6, 6.07) is 1.06. The van der Waals surface area contributed by atoms with E-state index in [2.05, 4.69) is 64.6 Å². The van der Waals surface area contributed by atoms with Gasteiger partial charge in [-0.25, -0.2) is 4.98 Å². The van der Waals surface area contributed by atoms with Gasteiger partial charge in [0.05, 0.1) is 34.4 Å². The Morgan fingerprint density at radius 2 is 1.67 bits per heavy atom. The molecule has 0 bridgehead atoms. The molecule has 1 aliphatic heterocycles. The third-order valence-corrected chi connectivity index (χ3v) is 12.2. The van der Waals surface area contributed by atoms with Crippen LogP contribution in [0.1, 0.15) is 71.1 Å². The van der Waals surface area contributed by atoms with Crippen molar-refractivity contribution in [3.63, 3.8) is 0 Å². The van der Waals surface area contributed by atoms with Gasteiger partial charge in [0.2, 0.25) is 11.9 Å². The number of halogens is 2. The molecule has 4 aromatic heterocycles. The van der Waals surface area contributed by atoms with Gasteiger partial charge in [0, 0.05) is 44.2 Å². The number of aliphatic hydroxyl groups is 5. The van der Waals surface area contributed by atoms with E-state index < -0.39 is 41.9 Å². The molecule has 17 nitrogen and oxygen atoms in total. The van der Waals surface area contributed by atoms with Crippen molar-refractivity contribution < 1.29 is 30.3 Å². The number of aromatic nitrogens is 6. The summed E-state index contributed by atoms with van der Waals surface area (Å²) in [5, 5.41) is 63.2. The maximum Gasteiger partial charge on any atom is 0.223 e. The number of nitrogen functional groups attached to an aromatic ring is 2. The summed E-state index contributed by atoms with van der Waals surface area (Å²) in [6.07, 6.45) is 3.66. The van der Waals surface area contributed by atoms with E-state index in [1.807, 2.05) is 0 Å². The highest BCUT2D eigenvalue weighted by molar-refractivity contribution is 7.13. The summed E-state index contributed by atoms with van der Waals surface area (Å²) in [4.78, 5) is 22.3. The number of nitrogens with one attached hydrogen (secondary N) is 3. The molecule has 1 saturated heterocycles. The SMILES string of the molecule is Cn1cncc1C#Cc1c(Cl)nc(N)nc1NC1(O)CCC(CO)C1Oc1cc(C#Cc2c(Cl)nc(N)nc2NC2CC(CO)C(O)C2O)sc1C1CCCCN1. The summed E-state index contributed by atoms with van der Waals surface area (Å²) >= 11 is 14.5. The number of hydrogen-bond acceptors (Lipinski definition) is 17. The van der Waals surface area contributed by atoms with Crippen LogP contribution in [0.4, 0.5) is 23.5 Å². The van der Waals surface area contributed by atoms with Gasteiger partial charge >= 0.3 is 0 Å². The number of nitrogens with zero attached hydrogens (tertiary/aromatic N) is 6. The number of aryl methyl sites for hydroxylation is 1. The molecule has 2 aliphatic carbocycles. The molecular weight excluding hydrogens is 797 g/mol. The highest BCUT2D eigenvalue weighted by Gasteiger charge is 2.50. The number of aliphatic hydroxyl groups excluding tert-OH is 4. The van der Waals surface area contributed by atoms with Crippen LogP contribution < -0.4 is 32.2 Å². The van der Waals surface area contributed by atoms with Crippen molar-refractivity contribution in [1.29, 1.82) is 0 Å². The number of rotatable bonds is 9. The van der Waals surface area contributed by atoms with Crippen LogP contribution in [0, 0.1) is 35.5 Å². The largest absolute Gasteiger partial charge is 0.484 e. The fourth-order valence-electron chi connectivity index (χ4n) is 7.47. The topological polar surface area (TPSA) is 268 Å². The average Bonchev–Trinajstić information content (AvgIpc) is 3.93. The molecule has 0 radical (unpaired) electrons. The first-order valence-electron chi connectivity index (χ1n) is 18.4. The zero-order valence-corrected chi connectivity index (χ0v) is 33.1. The minimum absolute atomic E-state index is 0.0134. The number of piperidine rings is 1. The molecule has 5 heterocycles. The normalized spacial score (nSPS) is 27.0. The Kier molecular flexibility index (Phi) is 12.3. The third kappa shape index (κ3) is 8.70. The lowest BCUT2D eigenvalue weighted by Gasteiger charge is -2.34. The predicted molar refractivity (Wildman–Crippen MR) is 214 cm³/mol. The van der Waals surface area contributed by atoms with Crippen molar-refractivity contribution in [3.8, 4) is 29.4 Å². The lowest BCUT2D eigenvalue weighted by Crippen LogP contribution is -2.51. The number of nitrogens with two attached hydrogens (primary N) is 2. The number of anilines is 4. The van der Waals surface area contributed by atoms with Crippen molar-refractivity contribution in [1.82, 2.24) is 34.8 Å². The lowest BCUT2D eigenvalue weighted by atomic mass is 10.0. The van der Waals surface area contributed by atoms with E-state index >= 15 is 0 Å². The molecule has 57 heavy (non-hydrogen) atoms. The molecule has 3 aliphatic rings. The second-order valence-electron chi connectivity index (χ2n) is 14.4. The Balaban J connectivity index is 1.21. The van der Waals surface area contributed by atoms with E-state index in [-0.39, 0.29) is 77.1 Å². The van der Waals surface area contributed by atoms with Gasteiger partial charge in [-0.1, -0.05) is 47.4 Å². The van der Waals surface area contributed by atoms with Gasteiger partial charge in [-0.2, -0.15) is 19.9 Å². The highest BCUT2D eigenvalue weighted by Crippen LogP contribution is 2.44. The van der Waals surface area contributed by atoms with Gasteiger partial charge in [0.15, 0.2) is 28.0 Å². The molecule has 0 amide bonds. The minimum Gasteiger partial charge on any atom is -0.484 e. The number of thiophene rings is 1. The fourth-order valence-corrected chi connectivity index (χ4v) is 8.98. The fraction of sp³-hybridized carbons (Fsp3) is 0.486. The first kappa shape index (κ1) is 40.7. The van der Waals surface area contributed by atoms with E-state index in [4.69, 9.17) is 39.4 Å². The van der Waals surface area contributed by atoms with Crippen molar-refractivity contribution in [2.45, 2.75) is 74.6 Å². The Hall–Kier alpha value is -4.47. The van der Waals surface area contributed by atoms with Crippen LogP contribution in [-0.2, 0) is 7.05 Å². The number of imidazole rings is 1. The van der Waals surface area contributed by atoms with Gasteiger partial charge in [0.1, 0.15) is 34.5 Å². The zero-order chi connectivity index (χ0) is 40.4. The molecule has 0 aromatic carbocycles. The molecule has 0 spiro atoms. The Morgan fingerprint density at radius 3 is 2.32 bits per heavy atom. The summed E-state index contributed by atoms with van der Waals surface area (Å²) in [5.41, 5.74) is 11.2. The summed E-state index contributed by atoms with van der Waals surface area (Å²) in [6.45, 7) is 0.248. The molecule has 8 atom stereocenters. The lowest BCUT2D eigenvalue weighted by molar-refractivity contribution is -0.0405. The van der Waals surface area contributed by atoms with Gasteiger partial charge in [-0.3, -0.25) is 0 Å². The Labute approximate surface area is 342 Å². The number of hydrogen-bond donors (Lipinski definition) is 10. The van der Waals surface area contributed by atoms with Gasteiger partial charge in [-0.05, 0) is 44.6 Å². The third-order valence-electron chi connectivity index (χ3n) is 10.5. The maximum absolute atomic E-state index is 12.3. The van der Waals surface area contributed by atoms with Crippen molar-refractivity contribution in [3.05, 3.63) is 55.5 Å². The minimum atomic E-state index is -1.76. The summed E-state index contributed by atoms with van der Waals surface area (Å²) in [7, 11) is 1.80.